The molecule has 0 saturated heterocycles. The summed E-state index contributed by atoms with van der Waals surface area (Å²) in [7, 11) is 0. The van der Waals surface area contributed by atoms with Gasteiger partial charge in [0, 0.05) is 37.5 Å². The maximum absolute atomic E-state index is 12.4. The van der Waals surface area contributed by atoms with Gasteiger partial charge in [-0.05, 0) is 71.1 Å². The van der Waals surface area contributed by atoms with Gasteiger partial charge >= 0.3 is 0 Å². The molecule has 0 bridgehead atoms. The third kappa shape index (κ3) is 10.5. The molecule has 0 unspecified atom stereocenters. The van der Waals surface area contributed by atoms with Gasteiger partial charge in [0.25, 0.3) is 0 Å². The van der Waals surface area contributed by atoms with E-state index >= 15 is 0 Å². The summed E-state index contributed by atoms with van der Waals surface area (Å²) in [5, 5.41) is 0. The molecule has 0 spiro atoms. The minimum absolute atomic E-state index is 0.112. The summed E-state index contributed by atoms with van der Waals surface area (Å²) in [6, 6.07) is 0. The van der Waals surface area contributed by atoms with Gasteiger partial charge in [-0.1, -0.05) is 41.5 Å². The molecule has 0 aromatic rings. The number of hydrogen-bond acceptors (Lipinski definition) is 2. The van der Waals surface area contributed by atoms with Gasteiger partial charge in [0.15, 0.2) is 0 Å². The molecule has 4 heteroatoms. The smallest absolute Gasteiger partial charge is 0.222 e. The second kappa shape index (κ2) is 10.3. The molecular weight excluding hydrogens is 360 g/mol. The summed E-state index contributed by atoms with van der Waals surface area (Å²) in [6.45, 7) is 27.1. The zero-order valence-corrected chi connectivity index (χ0v) is 21.7. The van der Waals surface area contributed by atoms with Crippen LogP contribution in [-0.2, 0) is 9.59 Å². The van der Waals surface area contributed by atoms with Crippen molar-refractivity contribution in [3.05, 3.63) is 0 Å². The quantitative estimate of drug-likeness (QED) is 0.425. The third-order valence-electron chi connectivity index (χ3n) is 6.04. The first-order valence-electron chi connectivity index (χ1n) is 11.4. The molecule has 0 aliphatic carbocycles. The molecule has 0 saturated carbocycles. The SMILES string of the molecule is CCC(=O)N(CCC(C)(C)CCC(C)(C)N(CCC(C)(C)C)C(C)=O)C(C)(C)C. The van der Waals surface area contributed by atoms with Gasteiger partial charge in [-0.2, -0.15) is 0 Å². The number of hydrogen-bond donors (Lipinski definition) is 0. The van der Waals surface area contributed by atoms with Crippen molar-refractivity contribution >= 4 is 11.8 Å². The van der Waals surface area contributed by atoms with Gasteiger partial charge in [0.2, 0.25) is 11.8 Å². The number of nitrogens with zero attached hydrogens (tertiary/aromatic N) is 2. The van der Waals surface area contributed by atoms with Crippen LogP contribution in [0.5, 0.6) is 0 Å². The van der Waals surface area contributed by atoms with E-state index < -0.39 is 0 Å². The summed E-state index contributed by atoms with van der Waals surface area (Å²) in [6.07, 6.45) is 4.50. The molecule has 0 N–H and O–H groups in total. The van der Waals surface area contributed by atoms with Gasteiger partial charge in [-0.15, -0.1) is 0 Å². The van der Waals surface area contributed by atoms with Crippen LogP contribution in [0.25, 0.3) is 0 Å². The van der Waals surface area contributed by atoms with Crippen molar-refractivity contribution < 1.29 is 9.59 Å². The van der Waals surface area contributed by atoms with E-state index in [1.165, 1.54) is 0 Å². The van der Waals surface area contributed by atoms with Crippen molar-refractivity contribution in [2.75, 3.05) is 13.1 Å². The van der Waals surface area contributed by atoms with Crippen molar-refractivity contribution in [3.63, 3.8) is 0 Å². The summed E-state index contributed by atoms with van der Waals surface area (Å²) in [4.78, 5) is 28.8. The molecule has 0 aromatic heterocycles. The second-order valence-electron chi connectivity index (χ2n) is 12.3. The van der Waals surface area contributed by atoms with Crippen LogP contribution in [0.4, 0.5) is 0 Å². The van der Waals surface area contributed by atoms with Crippen LogP contribution >= 0.6 is 0 Å². The molecule has 0 fully saturated rings. The minimum Gasteiger partial charge on any atom is -0.338 e. The van der Waals surface area contributed by atoms with Gasteiger partial charge in [-0.25, -0.2) is 0 Å². The van der Waals surface area contributed by atoms with E-state index in [0.717, 1.165) is 38.8 Å². The predicted molar refractivity (Wildman–Crippen MR) is 125 cm³/mol. The van der Waals surface area contributed by atoms with Gasteiger partial charge in [0.1, 0.15) is 0 Å². The summed E-state index contributed by atoms with van der Waals surface area (Å²) >= 11 is 0. The number of amides is 2. The Labute approximate surface area is 181 Å². The lowest BCUT2D eigenvalue weighted by Crippen LogP contribution is -2.49. The molecule has 0 heterocycles. The summed E-state index contributed by atoms with van der Waals surface area (Å²) in [5.41, 5.74) is 0.00466. The Morgan fingerprint density at radius 2 is 1.17 bits per heavy atom. The van der Waals surface area contributed by atoms with Crippen LogP contribution in [0.15, 0.2) is 0 Å². The number of rotatable bonds is 10. The molecule has 4 nitrogen and oxygen atoms in total. The lowest BCUT2D eigenvalue weighted by Gasteiger charge is -2.42. The Kier molecular flexibility index (Phi) is 9.93. The van der Waals surface area contributed by atoms with Crippen LogP contribution in [0.1, 0.15) is 115 Å². The van der Waals surface area contributed by atoms with Crippen molar-refractivity contribution in [1.82, 2.24) is 9.80 Å². The molecule has 0 aliphatic heterocycles. The average molecular weight is 411 g/mol. The maximum atomic E-state index is 12.4. The van der Waals surface area contributed by atoms with Crippen LogP contribution in [-0.4, -0.2) is 45.8 Å². The predicted octanol–water partition coefficient (Wildman–Crippen LogP) is 6.28. The average Bonchev–Trinajstić information content (AvgIpc) is 2.50. The summed E-state index contributed by atoms with van der Waals surface area (Å²) < 4.78 is 0. The van der Waals surface area contributed by atoms with Crippen LogP contribution in [0.2, 0.25) is 0 Å². The lowest BCUT2D eigenvalue weighted by molar-refractivity contribution is -0.137. The number of carbonyl (C=O) groups excluding carboxylic acids is 2. The monoisotopic (exact) mass is 410 g/mol. The van der Waals surface area contributed by atoms with Gasteiger partial charge < -0.3 is 9.80 Å². The van der Waals surface area contributed by atoms with Crippen molar-refractivity contribution in [1.29, 1.82) is 0 Å². The molecular formula is C25H50N2O2. The lowest BCUT2D eigenvalue weighted by atomic mass is 9.79. The highest BCUT2D eigenvalue weighted by Crippen LogP contribution is 2.34. The first-order chi connectivity index (χ1) is 12.8. The topological polar surface area (TPSA) is 40.6 Å². The molecule has 0 radical (unpaired) electrons. The highest BCUT2D eigenvalue weighted by molar-refractivity contribution is 5.76. The summed E-state index contributed by atoms with van der Waals surface area (Å²) in [5.74, 6) is 0.378. The molecule has 0 aliphatic rings. The largest absolute Gasteiger partial charge is 0.338 e. The highest BCUT2D eigenvalue weighted by Gasteiger charge is 2.33. The van der Waals surface area contributed by atoms with E-state index in [9.17, 15) is 9.59 Å². The first kappa shape index (κ1) is 27.9. The Morgan fingerprint density at radius 1 is 0.690 bits per heavy atom. The van der Waals surface area contributed by atoms with E-state index in [0.29, 0.717) is 6.42 Å². The number of carbonyl (C=O) groups is 2. The molecule has 29 heavy (non-hydrogen) atoms. The van der Waals surface area contributed by atoms with Crippen LogP contribution < -0.4 is 0 Å². The van der Waals surface area contributed by atoms with E-state index in [1.54, 1.807) is 6.92 Å². The fraction of sp³-hybridized carbons (Fsp3) is 0.920. The Hall–Kier alpha value is -1.06. The van der Waals surface area contributed by atoms with Crippen LogP contribution in [0.3, 0.4) is 0 Å². The fourth-order valence-electron chi connectivity index (χ4n) is 3.68. The maximum Gasteiger partial charge on any atom is 0.222 e. The third-order valence-corrected chi connectivity index (χ3v) is 6.04. The molecule has 172 valence electrons. The zero-order valence-electron chi connectivity index (χ0n) is 21.7. The standard InChI is InChI=1S/C25H50N2O2/c1-13-21(29)27(23(6,7)8)19-17-24(9,10)14-15-25(11,12)26(20(2)28)18-16-22(3,4)5/h13-19H2,1-12H3. The Morgan fingerprint density at radius 3 is 1.55 bits per heavy atom. The minimum atomic E-state index is -0.169. The molecule has 0 aromatic carbocycles. The Balaban J connectivity index is 5.05. The normalized spacial score (nSPS) is 13.4. The van der Waals surface area contributed by atoms with E-state index in [1.807, 2.05) is 11.8 Å². The molecule has 2 amide bonds. The van der Waals surface area contributed by atoms with E-state index in [4.69, 9.17) is 0 Å². The highest BCUT2D eigenvalue weighted by atomic mass is 16.2. The van der Waals surface area contributed by atoms with E-state index in [-0.39, 0.29) is 33.7 Å². The molecule has 0 rings (SSSR count). The van der Waals surface area contributed by atoms with Crippen LogP contribution in [0, 0.1) is 10.8 Å². The van der Waals surface area contributed by atoms with E-state index in [2.05, 4.69) is 74.1 Å². The second-order valence-corrected chi connectivity index (χ2v) is 12.3. The fourth-order valence-corrected chi connectivity index (χ4v) is 3.68. The molecule has 0 atom stereocenters. The first-order valence-corrected chi connectivity index (χ1v) is 11.4. The van der Waals surface area contributed by atoms with Gasteiger partial charge in [0.05, 0.1) is 0 Å². The van der Waals surface area contributed by atoms with Crippen molar-refractivity contribution in [3.8, 4) is 0 Å². The zero-order chi connectivity index (χ0) is 23.3. The Bertz CT molecular complexity index is 536. The van der Waals surface area contributed by atoms with Gasteiger partial charge in [-0.3, -0.25) is 9.59 Å². The van der Waals surface area contributed by atoms with Crippen molar-refractivity contribution in [2.45, 2.75) is 126 Å². The van der Waals surface area contributed by atoms with Crippen molar-refractivity contribution in [2.24, 2.45) is 10.8 Å².